The maximum atomic E-state index is 13.5. The van der Waals surface area contributed by atoms with Crippen molar-refractivity contribution in [3.63, 3.8) is 0 Å². The van der Waals surface area contributed by atoms with E-state index in [1.54, 1.807) is 36.4 Å². The summed E-state index contributed by atoms with van der Waals surface area (Å²) in [7, 11) is -3.85. The minimum atomic E-state index is -3.85. The molecular weight excluding hydrogens is 488 g/mol. The molecule has 1 heterocycles. The number of esters is 1. The van der Waals surface area contributed by atoms with Crippen LogP contribution in [0.1, 0.15) is 23.6 Å². The number of anilines is 1. The molecule has 0 aliphatic carbocycles. The van der Waals surface area contributed by atoms with Crippen molar-refractivity contribution in [1.29, 1.82) is 0 Å². The van der Waals surface area contributed by atoms with E-state index < -0.39 is 34.5 Å². The Kier molecular flexibility index (Phi) is 7.03. The molecular formula is C29H26N2O5S. The highest BCUT2D eigenvalue weighted by molar-refractivity contribution is 7.89. The Morgan fingerprint density at radius 2 is 1.57 bits per heavy atom. The molecule has 37 heavy (non-hydrogen) atoms. The Hall–Kier alpha value is -4.01. The molecule has 8 heteroatoms. The van der Waals surface area contributed by atoms with Crippen LogP contribution in [0.4, 0.5) is 5.69 Å². The molecule has 1 amide bonds. The fourth-order valence-corrected chi connectivity index (χ4v) is 6.37. The molecule has 0 fully saturated rings. The van der Waals surface area contributed by atoms with Gasteiger partial charge < -0.3 is 10.1 Å². The number of sulfonamides is 1. The number of amides is 1. The monoisotopic (exact) mass is 514 g/mol. The molecule has 1 N–H and O–H groups in total. The van der Waals surface area contributed by atoms with Crippen LogP contribution in [0.25, 0.3) is 10.8 Å². The number of carbonyl (C=O) groups excluding carboxylic acids is 2. The molecule has 0 saturated heterocycles. The number of fused-ring (bicyclic) bond motifs is 2. The van der Waals surface area contributed by atoms with Gasteiger partial charge in [0.05, 0.1) is 17.4 Å². The van der Waals surface area contributed by atoms with Gasteiger partial charge in [-0.3, -0.25) is 9.59 Å². The Balaban J connectivity index is 1.30. The first kappa shape index (κ1) is 24.7. The highest BCUT2D eigenvalue weighted by Gasteiger charge is 2.37. The summed E-state index contributed by atoms with van der Waals surface area (Å²) in [5.74, 6) is -1.12. The predicted octanol–water partition coefficient (Wildman–Crippen LogP) is 4.70. The van der Waals surface area contributed by atoms with E-state index in [1.807, 2.05) is 60.7 Å². The molecule has 0 aromatic heterocycles. The molecule has 1 unspecified atom stereocenters. The van der Waals surface area contributed by atoms with Gasteiger partial charge in [-0.2, -0.15) is 4.31 Å². The zero-order valence-electron chi connectivity index (χ0n) is 20.0. The van der Waals surface area contributed by atoms with Crippen LogP contribution in [-0.4, -0.2) is 37.8 Å². The topological polar surface area (TPSA) is 92.8 Å². The summed E-state index contributed by atoms with van der Waals surface area (Å²) in [4.78, 5) is 25.6. The Morgan fingerprint density at radius 1 is 0.865 bits per heavy atom. The van der Waals surface area contributed by atoms with Gasteiger partial charge in [0.2, 0.25) is 10.0 Å². The molecule has 4 aromatic rings. The van der Waals surface area contributed by atoms with E-state index in [1.165, 1.54) is 4.31 Å². The van der Waals surface area contributed by atoms with Gasteiger partial charge in [0.1, 0.15) is 0 Å². The zero-order chi connectivity index (χ0) is 25.8. The molecule has 0 spiro atoms. The summed E-state index contributed by atoms with van der Waals surface area (Å²) in [6.45, 7) is -0.227. The van der Waals surface area contributed by atoms with Crippen molar-refractivity contribution in [2.75, 3.05) is 18.5 Å². The van der Waals surface area contributed by atoms with Gasteiger partial charge in [0.15, 0.2) is 6.61 Å². The molecule has 1 aliphatic heterocycles. The van der Waals surface area contributed by atoms with Crippen LogP contribution in [0.3, 0.4) is 0 Å². The van der Waals surface area contributed by atoms with E-state index in [-0.39, 0.29) is 17.9 Å². The quantitative estimate of drug-likeness (QED) is 0.361. The predicted molar refractivity (Wildman–Crippen MR) is 141 cm³/mol. The molecule has 1 atom stereocenters. The van der Waals surface area contributed by atoms with Crippen LogP contribution < -0.4 is 5.32 Å². The maximum Gasteiger partial charge on any atom is 0.308 e. The van der Waals surface area contributed by atoms with Gasteiger partial charge in [0.25, 0.3) is 5.91 Å². The van der Waals surface area contributed by atoms with Crippen molar-refractivity contribution < 1.29 is 22.7 Å². The van der Waals surface area contributed by atoms with Crippen molar-refractivity contribution in [2.24, 2.45) is 0 Å². The standard InChI is InChI=1S/C29H26N2O5S/c32-28(30-26-16-8-11-21-9-4-6-14-24(21)26)20-36-29(33)19-27-25-15-7-5-10-22(25)17-18-31(27)37(34,35)23-12-2-1-3-13-23/h1-16,27H,17-20H2,(H,30,32). The number of benzene rings is 4. The summed E-state index contributed by atoms with van der Waals surface area (Å²) in [5.41, 5.74) is 2.39. The van der Waals surface area contributed by atoms with Crippen molar-refractivity contribution >= 4 is 38.4 Å². The first-order valence-corrected chi connectivity index (χ1v) is 13.5. The Bertz CT molecular complexity index is 1550. The molecule has 1 aliphatic rings. The number of ether oxygens (including phenoxy) is 1. The third-order valence-electron chi connectivity index (χ3n) is 6.50. The van der Waals surface area contributed by atoms with Gasteiger partial charge in [0, 0.05) is 17.6 Å². The van der Waals surface area contributed by atoms with E-state index in [2.05, 4.69) is 5.32 Å². The molecule has 4 aromatic carbocycles. The molecule has 0 bridgehead atoms. The molecule has 7 nitrogen and oxygen atoms in total. The van der Waals surface area contributed by atoms with Gasteiger partial charge in [-0.05, 0) is 41.1 Å². The number of carbonyl (C=O) groups is 2. The first-order chi connectivity index (χ1) is 17.9. The Morgan fingerprint density at radius 3 is 2.41 bits per heavy atom. The van der Waals surface area contributed by atoms with E-state index in [4.69, 9.17) is 4.74 Å². The highest BCUT2D eigenvalue weighted by atomic mass is 32.2. The summed E-state index contributed by atoms with van der Waals surface area (Å²) in [5, 5.41) is 4.65. The number of rotatable bonds is 7. The minimum Gasteiger partial charge on any atom is -0.456 e. The van der Waals surface area contributed by atoms with E-state index in [0.29, 0.717) is 12.1 Å². The SMILES string of the molecule is O=C(COC(=O)CC1c2ccccc2CCN1S(=O)(=O)c1ccccc1)Nc1cccc2ccccc12. The van der Waals surface area contributed by atoms with Crippen molar-refractivity contribution in [2.45, 2.75) is 23.8 Å². The van der Waals surface area contributed by atoms with Gasteiger partial charge in [-0.15, -0.1) is 0 Å². The average molecular weight is 515 g/mol. The smallest absolute Gasteiger partial charge is 0.308 e. The molecule has 0 radical (unpaired) electrons. The van der Waals surface area contributed by atoms with E-state index >= 15 is 0 Å². The second kappa shape index (κ2) is 10.5. The normalized spacial score (nSPS) is 15.6. The number of hydrogen-bond donors (Lipinski definition) is 1. The third kappa shape index (κ3) is 5.26. The largest absolute Gasteiger partial charge is 0.456 e. The lowest BCUT2D eigenvalue weighted by molar-refractivity contribution is -0.148. The second-order valence-electron chi connectivity index (χ2n) is 8.83. The average Bonchev–Trinajstić information content (AvgIpc) is 2.93. The maximum absolute atomic E-state index is 13.5. The fraction of sp³-hybridized carbons (Fsp3) is 0.172. The van der Waals surface area contributed by atoms with Gasteiger partial charge in [-0.1, -0.05) is 78.9 Å². The number of nitrogens with zero attached hydrogens (tertiary/aromatic N) is 1. The molecule has 188 valence electrons. The van der Waals surface area contributed by atoms with Gasteiger partial charge >= 0.3 is 5.97 Å². The van der Waals surface area contributed by atoms with Gasteiger partial charge in [-0.25, -0.2) is 8.42 Å². The lowest BCUT2D eigenvalue weighted by Gasteiger charge is -2.36. The lowest BCUT2D eigenvalue weighted by atomic mass is 9.92. The van der Waals surface area contributed by atoms with Crippen molar-refractivity contribution in [1.82, 2.24) is 4.31 Å². The first-order valence-electron chi connectivity index (χ1n) is 12.0. The highest BCUT2D eigenvalue weighted by Crippen LogP contribution is 2.36. The number of nitrogens with one attached hydrogen (secondary N) is 1. The van der Waals surface area contributed by atoms with E-state index in [0.717, 1.165) is 21.9 Å². The second-order valence-corrected chi connectivity index (χ2v) is 10.7. The zero-order valence-corrected chi connectivity index (χ0v) is 20.9. The van der Waals surface area contributed by atoms with Crippen molar-refractivity contribution in [3.05, 3.63) is 108 Å². The van der Waals surface area contributed by atoms with Crippen molar-refractivity contribution in [3.8, 4) is 0 Å². The minimum absolute atomic E-state index is 0.169. The molecule has 5 rings (SSSR count). The molecule has 0 saturated carbocycles. The Labute approximate surface area is 215 Å². The van der Waals surface area contributed by atoms with Crippen LogP contribution in [0, 0.1) is 0 Å². The number of hydrogen-bond acceptors (Lipinski definition) is 5. The third-order valence-corrected chi connectivity index (χ3v) is 8.42. The summed E-state index contributed by atoms with van der Waals surface area (Å²) in [6.07, 6.45) is 0.339. The van der Waals surface area contributed by atoms with Crippen LogP contribution in [-0.2, 0) is 30.8 Å². The fourth-order valence-electron chi connectivity index (χ4n) is 4.74. The van der Waals surface area contributed by atoms with Crippen LogP contribution in [0.15, 0.2) is 102 Å². The lowest BCUT2D eigenvalue weighted by Crippen LogP contribution is -2.41. The van der Waals surface area contributed by atoms with Crippen LogP contribution in [0.2, 0.25) is 0 Å². The summed E-state index contributed by atoms with van der Waals surface area (Å²) >= 11 is 0. The van der Waals surface area contributed by atoms with Crippen LogP contribution >= 0.6 is 0 Å². The summed E-state index contributed by atoms with van der Waals surface area (Å²) in [6, 6.07) is 28.2. The van der Waals surface area contributed by atoms with E-state index in [9.17, 15) is 18.0 Å². The van der Waals surface area contributed by atoms with Crippen LogP contribution in [0.5, 0.6) is 0 Å². The summed E-state index contributed by atoms with van der Waals surface area (Å²) < 4.78 is 33.6.